The highest BCUT2D eigenvalue weighted by Crippen LogP contribution is 2.37. The molecule has 6 rings (SSSR count). The summed E-state index contributed by atoms with van der Waals surface area (Å²) >= 11 is 0. The minimum absolute atomic E-state index is 0.445. The molecular weight excluding hydrogens is 478 g/mol. The molecular formula is C28H33N9O. The summed E-state index contributed by atoms with van der Waals surface area (Å²) in [7, 11) is 10.00. The number of piperidine rings is 1. The summed E-state index contributed by atoms with van der Waals surface area (Å²) in [4.78, 5) is 23.7. The lowest BCUT2D eigenvalue weighted by atomic mass is 9.96. The van der Waals surface area contributed by atoms with Gasteiger partial charge in [0.05, 0.1) is 41.0 Å². The number of aromatic amines is 1. The molecule has 5 aromatic heterocycles. The second-order valence-electron chi connectivity index (χ2n) is 10.4. The molecule has 10 heteroatoms. The van der Waals surface area contributed by atoms with E-state index in [0.29, 0.717) is 5.92 Å². The van der Waals surface area contributed by atoms with E-state index in [2.05, 4.69) is 44.8 Å². The minimum atomic E-state index is 0.445. The lowest BCUT2D eigenvalue weighted by Gasteiger charge is -2.28. The van der Waals surface area contributed by atoms with E-state index in [1.165, 1.54) is 0 Å². The average Bonchev–Trinajstić information content (AvgIpc) is 3.50. The summed E-state index contributed by atoms with van der Waals surface area (Å²) in [6, 6.07) is 6.01. The van der Waals surface area contributed by atoms with Gasteiger partial charge < -0.3 is 19.1 Å². The van der Waals surface area contributed by atoms with Gasteiger partial charge in [0.2, 0.25) is 0 Å². The topological polar surface area (TPSA) is 101 Å². The summed E-state index contributed by atoms with van der Waals surface area (Å²) in [6.07, 6.45) is 5.72. The Morgan fingerprint density at radius 3 is 2.55 bits per heavy atom. The van der Waals surface area contributed by atoms with Gasteiger partial charge in [-0.05, 0) is 58.1 Å². The fourth-order valence-electron chi connectivity index (χ4n) is 5.51. The maximum atomic E-state index is 5.58. The van der Waals surface area contributed by atoms with Crippen molar-refractivity contribution >= 4 is 27.8 Å². The summed E-state index contributed by atoms with van der Waals surface area (Å²) < 4.78 is 7.83. The first kappa shape index (κ1) is 24.3. The van der Waals surface area contributed by atoms with Crippen LogP contribution in [0.5, 0.6) is 5.75 Å². The van der Waals surface area contributed by atoms with Gasteiger partial charge in [-0.1, -0.05) is 0 Å². The number of anilines is 1. The third kappa shape index (κ3) is 3.96. The number of likely N-dealkylation sites (tertiary alicyclic amines) is 1. The molecule has 1 saturated heterocycles. The Morgan fingerprint density at radius 2 is 1.82 bits per heavy atom. The second-order valence-corrected chi connectivity index (χ2v) is 10.4. The molecule has 0 atom stereocenters. The van der Waals surface area contributed by atoms with E-state index in [0.717, 1.165) is 93.6 Å². The zero-order valence-electron chi connectivity index (χ0n) is 22.8. The molecule has 5 aromatic rings. The molecule has 0 amide bonds. The number of imidazole rings is 1. The minimum Gasteiger partial charge on any atom is -0.496 e. The van der Waals surface area contributed by atoms with Crippen LogP contribution in [0.1, 0.15) is 30.3 Å². The van der Waals surface area contributed by atoms with Crippen LogP contribution in [0.2, 0.25) is 0 Å². The fourth-order valence-corrected chi connectivity index (χ4v) is 5.51. The Labute approximate surface area is 221 Å². The van der Waals surface area contributed by atoms with Gasteiger partial charge in [0, 0.05) is 44.8 Å². The van der Waals surface area contributed by atoms with Gasteiger partial charge in [0.1, 0.15) is 22.6 Å². The molecule has 0 aliphatic carbocycles. The van der Waals surface area contributed by atoms with Gasteiger partial charge in [0.25, 0.3) is 0 Å². The van der Waals surface area contributed by atoms with Crippen LogP contribution in [0.25, 0.3) is 44.6 Å². The van der Waals surface area contributed by atoms with Crippen LogP contribution in [0.3, 0.4) is 0 Å². The Morgan fingerprint density at radius 1 is 1.03 bits per heavy atom. The van der Waals surface area contributed by atoms with E-state index in [1.54, 1.807) is 19.5 Å². The molecule has 1 aliphatic rings. The smallest absolute Gasteiger partial charge is 0.157 e. The number of ether oxygens (including phenoxy) is 1. The van der Waals surface area contributed by atoms with E-state index in [9.17, 15) is 0 Å². The van der Waals surface area contributed by atoms with Crippen LogP contribution >= 0.6 is 0 Å². The van der Waals surface area contributed by atoms with E-state index < -0.39 is 0 Å². The zero-order valence-corrected chi connectivity index (χ0v) is 22.8. The monoisotopic (exact) mass is 511 g/mol. The molecule has 0 saturated carbocycles. The number of aromatic nitrogens is 7. The maximum Gasteiger partial charge on any atom is 0.157 e. The van der Waals surface area contributed by atoms with Crippen molar-refractivity contribution in [1.29, 1.82) is 0 Å². The Bertz CT molecular complexity index is 1640. The standard InChI is InChI=1S/C28H33N9O/c1-16-24-18(13-20(30-16)19-15-29-10-7-23(19)38-6)25(34-33-24)21-14-22-26(28(31-21)35(2)3)32-27(37(22)5)17-8-11-36(4)12-9-17/h7,10,13-15,17H,8-9,11-12H2,1-6H3,(H,33,34). The maximum absolute atomic E-state index is 5.58. The first-order valence-electron chi connectivity index (χ1n) is 12.9. The summed E-state index contributed by atoms with van der Waals surface area (Å²) in [5.74, 6) is 3.15. The van der Waals surface area contributed by atoms with Crippen molar-refractivity contribution in [3.8, 4) is 28.4 Å². The Balaban J connectivity index is 1.52. The summed E-state index contributed by atoms with van der Waals surface area (Å²) in [5, 5.41) is 8.82. The van der Waals surface area contributed by atoms with Crippen molar-refractivity contribution in [2.75, 3.05) is 46.2 Å². The third-order valence-electron chi connectivity index (χ3n) is 7.64. The Kier molecular flexibility index (Phi) is 5.98. The van der Waals surface area contributed by atoms with Gasteiger partial charge in [0.15, 0.2) is 5.82 Å². The van der Waals surface area contributed by atoms with Crippen LogP contribution < -0.4 is 9.64 Å². The molecule has 38 heavy (non-hydrogen) atoms. The van der Waals surface area contributed by atoms with E-state index in [-0.39, 0.29) is 0 Å². The normalized spacial score (nSPS) is 15.0. The zero-order chi connectivity index (χ0) is 26.6. The van der Waals surface area contributed by atoms with Crippen LogP contribution in [0.4, 0.5) is 5.82 Å². The molecule has 6 heterocycles. The quantitative estimate of drug-likeness (QED) is 0.375. The molecule has 1 aliphatic heterocycles. The van der Waals surface area contributed by atoms with E-state index in [1.807, 2.05) is 38.1 Å². The number of aryl methyl sites for hydroxylation is 2. The number of fused-ring (bicyclic) bond motifs is 2. The van der Waals surface area contributed by atoms with Crippen molar-refractivity contribution in [3.63, 3.8) is 0 Å². The SMILES string of the molecule is COc1ccncc1-c1cc2c(-c3cc4c(nc(C5CCN(C)CC5)n4C)c(N(C)C)n3)[nH]nc2c(C)n1. The number of pyridine rings is 3. The van der Waals surface area contributed by atoms with Crippen LogP contribution in [-0.4, -0.2) is 80.9 Å². The number of hydrogen-bond acceptors (Lipinski definition) is 8. The van der Waals surface area contributed by atoms with Gasteiger partial charge in [-0.3, -0.25) is 15.1 Å². The van der Waals surface area contributed by atoms with Crippen molar-refractivity contribution < 1.29 is 4.74 Å². The highest BCUT2D eigenvalue weighted by Gasteiger charge is 2.26. The van der Waals surface area contributed by atoms with E-state index in [4.69, 9.17) is 19.7 Å². The highest BCUT2D eigenvalue weighted by atomic mass is 16.5. The van der Waals surface area contributed by atoms with E-state index >= 15 is 0 Å². The van der Waals surface area contributed by atoms with Gasteiger partial charge in [-0.2, -0.15) is 5.10 Å². The van der Waals surface area contributed by atoms with Gasteiger partial charge >= 0.3 is 0 Å². The molecule has 0 spiro atoms. The molecule has 1 N–H and O–H groups in total. The van der Waals surface area contributed by atoms with Crippen molar-refractivity contribution in [1.82, 2.24) is 39.6 Å². The average molecular weight is 512 g/mol. The summed E-state index contributed by atoms with van der Waals surface area (Å²) in [6.45, 7) is 4.15. The van der Waals surface area contributed by atoms with Gasteiger partial charge in [-0.15, -0.1) is 0 Å². The largest absolute Gasteiger partial charge is 0.496 e. The predicted molar refractivity (Wildman–Crippen MR) is 150 cm³/mol. The molecule has 0 unspecified atom stereocenters. The Hall–Kier alpha value is -4.05. The molecule has 10 nitrogen and oxygen atoms in total. The predicted octanol–water partition coefficient (Wildman–Crippen LogP) is 4.16. The number of rotatable bonds is 5. The third-order valence-corrected chi connectivity index (χ3v) is 7.64. The number of nitrogens with zero attached hydrogens (tertiary/aromatic N) is 8. The van der Waals surface area contributed by atoms with Crippen LogP contribution in [0.15, 0.2) is 30.6 Å². The summed E-state index contributed by atoms with van der Waals surface area (Å²) in [5.41, 5.74) is 6.91. The number of methoxy groups -OCH3 is 1. The van der Waals surface area contributed by atoms with Crippen molar-refractivity contribution in [3.05, 3.63) is 42.1 Å². The van der Waals surface area contributed by atoms with Crippen LogP contribution in [-0.2, 0) is 7.05 Å². The second kappa shape index (κ2) is 9.36. The molecule has 196 valence electrons. The van der Waals surface area contributed by atoms with Crippen molar-refractivity contribution in [2.45, 2.75) is 25.7 Å². The van der Waals surface area contributed by atoms with Crippen LogP contribution in [0, 0.1) is 6.92 Å². The van der Waals surface area contributed by atoms with Gasteiger partial charge in [-0.25, -0.2) is 9.97 Å². The number of nitrogens with one attached hydrogen (secondary N) is 1. The molecule has 0 radical (unpaired) electrons. The highest BCUT2D eigenvalue weighted by molar-refractivity contribution is 5.98. The molecule has 0 aromatic carbocycles. The first-order valence-corrected chi connectivity index (χ1v) is 12.9. The lowest BCUT2D eigenvalue weighted by molar-refractivity contribution is 0.250. The fraction of sp³-hybridized carbons (Fsp3) is 0.393. The first-order chi connectivity index (χ1) is 18.4. The van der Waals surface area contributed by atoms with Crippen molar-refractivity contribution in [2.24, 2.45) is 7.05 Å². The number of H-pyrrole nitrogens is 1. The molecule has 1 fully saturated rings. The molecule has 0 bridgehead atoms. The lowest BCUT2D eigenvalue weighted by Crippen LogP contribution is -2.30. The number of hydrogen-bond donors (Lipinski definition) is 1.